The Kier molecular flexibility index (Phi) is 4.33. The number of nitriles is 1. The number of carbonyl (C=O) groups excluding carboxylic acids is 1. The molecule has 0 radical (unpaired) electrons. The summed E-state index contributed by atoms with van der Waals surface area (Å²) in [5.41, 5.74) is 0.0268. The number of halogens is 3. The SMILES string of the molecule is N#CC1COCCN1C(=O)c1cccc(OC(F)(F)F)c1. The number of benzene rings is 1. The van der Waals surface area contributed by atoms with Crippen molar-refractivity contribution in [3.8, 4) is 11.8 Å². The largest absolute Gasteiger partial charge is 0.573 e. The predicted molar refractivity (Wildman–Crippen MR) is 64.4 cm³/mol. The van der Waals surface area contributed by atoms with Crippen LogP contribution in [0.4, 0.5) is 13.2 Å². The van der Waals surface area contributed by atoms with Gasteiger partial charge in [0.25, 0.3) is 5.91 Å². The molecule has 2 rings (SSSR count). The van der Waals surface area contributed by atoms with E-state index < -0.39 is 24.1 Å². The fourth-order valence-electron chi connectivity index (χ4n) is 1.95. The van der Waals surface area contributed by atoms with Gasteiger partial charge in [-0.2, -0.15) is 5.26 Å². The van der Waals surface area contributed by atoms with Crippen LogP contribution in [-0.2, 0) is 4.74 Å². The van der Waals surface area contributed by atoms with Crippen molar-refractivity contribution >= 4 is 5.91 Å². The first kappa shape index (κ1) is 15.1. The lowest BCUT2D eigenvalue weighted by atomic mass is 10.1. The van der Waals surface area contributed by atoms with Crippen LogP contribution in [-0.4, -0.2) is 43.0 Å². The Bertz CT molecular complexity index is 569. The van der Waals surface area contributed by atoms with Crippen LogP contribution in [0.2, 0.25) is 0 Å². The molecule has 8 heteroatoms. The summed E-state index contributed by atoms with van der Waals surface area (Å²) < 4.78 is 45.4. The third kappa shape index (κ3) is 3.86. The van der Waals surface area contributed by atoms with Crippen LogP contribution in [0.1, 0.15) is 10.4 Å². The molecule has 21 heavy (non-hydrogen) atoms. The second-order valence-electron chi connectivity index (χ2n) is 4.29. The number of amides is 1. The van der Waals surface area contributed by atoms with Gasteiger partial charge in [-0.05, 0) is 18.2 Å². The van der Waals surface area contributed by atoms with Crippen LogP contribution >= 0.6 is 0 Å². The quantitative estimate of drug-likeness (QED) is 0.837. The summed E-state index contributed by atoms with van der Waals surface area (Å²) in [6.07, 6.45) is -4.82. The lowest BCUT2D eigenvalue weighted by Gasteiger charge is -2.31. The van der Waals surface area contributed by atoms with E-state index in [4.69, 9.17) is 10.00 Å². The molecule has 1 unspecified atom stereocenters. The zero-order valence-corrected chi connectivity index (χ0v) is 10.8. The molecule has 0 bridgehead atoms. The molecule has 0 saturated carbocycles. The van der Waals surface area contributed by atoms with Gasteiger partial charge in [-0.25, -0.2) is 0 Å². The highest BCUT2D eigenvalue weighted by Gasteiger charge is 2.32. The minimum absolute atomic E-state index is 0.0268. The standard InChI is InChI=1S/C13H11F3N2O3/c14-13(15,16)21-11-3-1-2-9(6-11)12(19)18-4-5-20-8-10(18)7-17/h1-3,6,10H,4-5,8H2. The molecule has 1 aliphatic heterocycles. The molecular weight excluding hydrogens is 289 g/mol. The van der Waals surface area contributed by atoms with Gasteiger partial charge in [-0.15, -0.1) is 13.2 Å². The maximum Gasteiger partial charge on any atom is 0.573 e. The number of carbonyl (C=O) groups is 1. The summed E-state index contributed by atoms with van der Waals surface area (Å²) in [7, 11) is 0. The van der Waals surface area contributed by atoms with Crippen molar-refractivity contribution in [3.05, 3.63) is 29.8 Å². The first-order valence-corrected chi connectivity index (χ1v) is 6.05. The highest BCUT2D eigenvalue weighted by molar-refractivity contribution is 5.95. The van der Waals surface area contributed by atoms with Crippen molar-refractivity contribution in [2.75, 3.05) is 19.8 Å². The molecule has 0 aromatic heterocycles. The predicted octanol–water partition coefficient (Wildman–Crippen LogP) is 1.95. The maximum atomic E-state index is 12.3. The van der Waals surface area contributed by atoms with E-state index in [1.54, 1.807) is 0 Å². The second kappa shape index (κ2) is 6.01. The van der Waals surface area contributed by atoms with Crippen LogP contribution in [0, 0.1) is 11.3 Å². The van der Waals surface area contributed by atoms with Gasteiger partial charge in [0.1, 0.15) is 11.8 Å². The van der Waals surface area contributed by atoms with Crippen molar-refractivity contribution < 1.29 is 27.4 Å². The summed E-state index contributed by atoms with van der Waals surface area (Å²) in [4.78, 5) is 13.5. The van der Waals surface area contributed by atoms with Crippen LogP contribution < -0.4 is 4.74 Å². The van der Waals surface area contributed by atoms with Gasteiger partial charge in [0, 0.05) is 12.1 Å². The number of hydrogen-bond donors (Lipinski definition) is 0. The number of rotatable bonds is 2. The topological polar surface area (TPSA) is 62.6 Å². The van der Waals surface area contributed by atoms with Crippen molar-refractivity contribution in [2.45, 2.75) is 12.4 Å². The Morgan fingerprint density at radius 3 is 2.90 bits per heavy atom. The molecule has 1 amide bonds. The molecule has 1 aromatic rings. The van der Waals surface area contributed by atoms with Crippen molar-refractivity contribution in [3.63, 3.8) is 0 Å². The monoisotopic (exact) mass is 300 g/mol. The minimum Gasteiger partial charge on any atom is -0.406 e. The van der Waals surface area contributed by atoms with E-state index in [0.717, 1.165) is 12.1 Å². The first-order valence-electron chi connectivity index (χ1n) is 6.05. The zero-order valence-electron chi connectivity index (χ0n) is 10.8. The van der Waals surface area contributed by atoms with E-state index in [-0.39, 0.29) is 25.3 Å². The summed E-state index contributed by atoms with van der Waals surface area (Å²) >= 11 is 0. The van der Waals surface area contributed by atoms with Crippen LogP contribution in [0.5, 0.6) is 5.75 Å². The number of hydrogen-bond acceptors (Lipinski definition) is 4. The number of alkyl halides is 3. The Morgan fingerprint density at radius 2 is 2.24 bits per heavy atom. The lowest BCUT2D eigenvalue weighted by molar-refractivity contribution is -0.274. The van der Waals surface area contributed by atoms with Gasteiger partial charge in [0.2, 0.25) is 0 Å². The van der Waals surface area contributed by atoms with E-state index in [0.29, 0.717) is 0 Å². The van der Waals surface area contributed by atoms with E-state index >= 15 is 0 Å². The molecule has 0 aliphatic carbocycles. The Hall–Kier alpha value is -2.27. The molecule has 1 heterocycles. The maximum absolute atomic E-state index is 12.3. The molecule has 1 aromatic carbocycles. The van der Waals surface area contributed by atoms with Gasteiger partial charge >= 0.3 is 6.36 Å². The highest BCUT2D eigenvalue weighted by Crippen LogP contribution is 2.24. The number of nitrogens with zero attached hydrogens (tertiary/aromatic N) is 2. The van der Waals surface area contributed by atoms with Crippen molar-refractivity contribution in [1.29, 1.82) is 5.26 Å². The average Bonchev–Trinajstić information content (AvgIpc) is 2.45. The number of ether oxygens (including phenoxy) is 2. The normalized spacial score (nSPS) is 19.0. The molecule has 1 atom stereocenters. The molecule has 0 spiro atoms. The van der Waals surface area contributed by atoms with E-state index in [1.165, 1.54) is 17.0 Å². The van der Waals surface area contributed by atoms with Gasteiger partial charge in [-0.3, -0.25) is 4.79 Å². The summed E-state index contributed by atoms with van der Waals surface area (Å²) in [6.45, 7) is 0.574. The van der Waals surface area contributed by atoms with E-state index in [9.17, 15) is 18.0 Å². The number of morpholine rings is 1. The minimum atomic E-state index is -4.82. The molecule has 5 nitrogen and oxygen atoms in total. The van der Waals surface area contributed by atoms with Crippen LogP contribution in [0.15, 0.2) is 24.3 Å². The average molecular weight is 300 g/mol. The fourth-order valence-corrected chi connectivity index (χ4v) is 1.95. The van der Waals surface area contributed by atoms with E-state index in [2.05, 4.69) is 4.74 Å². The highest BCUT2D eigenvalue weighted by atomic mass is 19.4. The van der Waals surface area contributed by atoms with Gasteiger partial charge in [0.05, 0.1) is 19.3 Å². The van der Waals surface area contributed by atoms with Gasteiger partial charge < -0.3 is 14.4 Å². The lowest BCUT2D eigenvalue weighted by Crippen LogP contribution is -2.47. The molecule has 1 fully saturated rings. The van der Waals surface area contributed by atoms with Crippen LogP contribution in [0.25, 0.3) is 0 Å². The van der Waals surface area contributed by atoms with Crippen molar-refractivity contribution in [1.82, 2.24) is 4.90 Å². The summed E-state index contributed by atoms with van der Waals surface area (Å²) in [6, 6.07) is 5.94. The summed E-state index contributed by atoms with van der Waals surface area (Å²) in [5, 5.41) is 8.97. The molecular formula is C13H11F3N2O3. The summed E-state index contributed by atoms with van der Waals surface area (Å²) in [5.74, 6) is -1.01. The Morgan fingerprint density at radius 1 is 1.48 bits per heavy atom. The first-order chi connectivity index (χ1) is 9.90. The second-order valence-corrected chi connectivity index (χ2v) is 4.29. The Balaban J connectivity index is 2.19. The third-order valence-corrected chi connectivity index (χ3v) is 2.85. The fraction of sp³-hybridized carbons (Fsp3) is 0.385. The Labute approximate surface area is 118 Å². The van der Waals surface area contributed by atoms with Crippen LogP contribution in [0.3, 0.4) is 0 Å². The smallest absolute Gasteiger partial charge is 0.406 e. The molecule has 0 N–H and O–H groups in total. The van der Waals surface area contributed by atoms with Gasteiger partial charge in [-0.1, -0.05) is 6.07 Å². The zero-order chi connectivity index (χ0) is 15.5. The van der Waals surface area contributed by atoms with E-state index in [1.807, 2.05) is 6.07 Å². The molecule has 1 saturated heterocycles. The molecule has 1 aliphatic rings. The van der Waals surface area contributed by atoms with Crippen molar-refractivity contribution in [2.24, 2.45) is 0 Å². The van der Waals surface area contributed by atoms with Gasteiger partial charge in [0.15, 0.2) is 0 Å². The third-order valence-electron chi connectivity index (χ3n) is 2.85. The molecule has 112 valence electrons.